The summed E-state index contributed by atoms with van der Waals surface area (Å²) < 4.78 is 0. The Kier molecular flexibility index (Phi) is 13.1. The van der Waals surface area contributed by atoms with E-state index in [4.69, 9.17) is 17.2 Å². The Morgan fingerprint density at radius 2 is 1.67 bits per heavy atom. The number of carboxylic acid groups (broad SMARTS) is 1. The Hall–Kier alpha value is -3.52. The maximum absolute atomic E-state index is 13.2. The molecule has 14 heteroatoms. The molecular weight excluding hydrogens is 472 g/mol. The Labute approximate surface area is 209 Å². The lowest BCUT2D eigenvalue weighted by Gasteiger charge is -2.27. The monoisotopic (exact) mass is 510 g/mol. The summed E-state index contributed by atoms with van der Waals surface area (Å²) in [5.41, 5.74) is 17.1. The molecule has 0 aliphatic rings. The summed E-state index contributed by atoms with van der Waals surface area (Å²) in [7, 11) is 0. The van der Waals surface area contributed by atoms with Crippen LogP contribution in [0.4, 0.5) is 0 Å². The van der Waals surface area contributed by atoms with Gasteiger partial charge in [-0.15, -0.1) is 0 Å². The van der Waals surface area contributed by atoms with E-state index in [1.54, 1.807) is 13.8 Å². The zero-order valence-corrected chi connectivity index (χ0v) is 20.7. The van der Waals surface area contributed by atoms with Crippen LogP contribution >= 0.6 is 0 Å². The van der Waals surface area contributed by atoms with E-state index >= 15 is 0 Å². The quantitative estimate of drug-likeness (QED) is 0.106. The number of unbranched alkanes of at least 4 members (excludes halogenated alkanes) is 1. The largest absolute Gasteiger partial charge is 0.480 e. The number of nitrogens with one attached hydrogen (secondary N) is 4. The number of amides is 4. The van der Waals surface area contributed by atoms with Crippen molar-refractivity contribution in [3.8, 4) is 0 Å². The zero-order chi connectivity index (χ0) is 27.3. The first-order chi connectivity index (χ1) is 17.0. The average molecular weight is 511 g/mol. The van der Waals surface area contributed by atoms with E-state index in [0.29, 0.717) is 31.5 Å². The normalized spacial score (nSPS) is 14.4. The number of carboxylic acids is 1. The summed E-state index contributed by atoms with van der Waals surface area (Å²) in [5, 5.41) is 16.9. The number of nitrogens with two attached hydrogens (primary N) is 3. The minimum Gasteiger partial charge on any atom is -0.480 e. The van der Waals surface area contributed by atoms with Gasteiger partial charge < -0.3 is 43.2 Å². The third-order valence-corrected chi connectivity index (χ3v) is 5.46. The molecule has 202 valence electrons. The minimum atomic E-state index is -1.37. The van der Waals surface area contributed by atoms with E-state index < -0.39 is 59.7 Å². The maximum atomic E-state index is 13.2. The van der Waals surface area contributed by atoms with Crippen molar-refractivity contribution in [1.82, 2.24) is 25.9 Å². The van der Waals surface area contributed by atoms with E-state index in [0.717, 1.165) is 0 Å². The molecule has 0 fully saturated rings. The number of aromatic amines is 1. The summed E-state index contributed by atoms with van der Waals surface area (Å²) in [6.45, 7) is 3.81. The summed E-state index contributed by atoms with van der Waals surface area (Å²) >= 11 is 0. The summed E-state index contributed by atoms with van der Waals surface area (Å²) in [5.74, 6) is -4.42. The van der Waals surface area contributed by atoms with Gasteiger partial charge in [-0.05, 0) is 31.7 Å². The smallest absolute Gasteiger partial charge is 0.326 e. The van der Waals surface area contributed by atoms with Gasteiger partial charge in [0.25, 0.3) is 0 Å². The van der Waals surface area contributed by atoms with Crippen molar-refractivity contribution >= 4 is 29.6 Å². The Morgan fingerprint density at radius 1 is 1.00 bits per heavy atom. The average Bonchev–Trinajstić information content (AvgIpc) is 3.32. The number of nitrogens with zero attached hydrogens (tertiary/aromatic N) is 1. The molecule has 4 atom stereocenters. The lowest BCUT2D eigenvalue weighted by molar-refractivity contribution is -0.143. The third-order valence-electron chi connectivity index (χ3n) is 5.46. The van der Waals surface area contributed by atoms with Crippen LogP contribution < -0.4 is 33.2 Å². The van der Waals surface area contributed by atoms with Crippen LogP contribution in [0.5, 0.6) is 0 Å². The van der Waals surface area contributed by atoms with Crippen molar-refractivity contribution in [3.05, 3.63) is 18.2 Å². The Morgan fingerprint density at radius 3 is 2.19 bits per heavy atom. The highest BCUT2D eigenvalue weighted by molar-refractivity contribution is 5.94. The zero-order valence-electron chi connectivity index (χ0n) is 20.7. The summed E-state index contributed by atoms with van der Waals surface area (Å²) in [6, 6.07) is -4.42. The first-order valence-corrected chi connectivity index (χ1v) is 11.8. The second-order valence-electron chi connectivity index (χ2n) is 8.87. The molecule has 0 aliphatic heterocycles. The number of primary amides is 1. The molecule has 0 saturated carbocycles. The van der Waals surface area contributed by atoms with Gasteiger partial charge in [0.1, 0.15) is 18.1 Å². The number of rotatable bonds is 17. The molecule has 1 rings (SSSR count). The highest BCUT2D eigenvalue weighted by Crippen LogP contribution is 2.08. The summed E-state index contributed by atoms with van der Waals surface area (Å²) in [4.78, 5) is 67.9. The number of aromatic nitrogens is 2. The molecular formula is C22H38N8O6. The van der Waals surface area contributed by atoms with E-state index in [1.807, 2.05) is 0 Å². The second-order valence-corrected chi connectivity index (χ2v) is 8.87. The van der Waals surface area contributed by atoms with Crippen molar-refractivity contribution in [1.29, 1.82) is 0 Å². The lowest BCUT2D eigenvalue weighted by atomic mass is 10.0. The molecule has 14 nitrogen and oxygen atoms in total. The van der Waals surface area contributed by atoms with Crippen LogP contribution in [0.15, 0.2) is 12.5 Å². The molecule has 1 aromatic heterocycles. The number of aliphatic carboxylic acids is 1. The first-order valence-electron chi connectivity index (χ1n) is 11.8. The van der Waals surface area contributed by atoms with Crippen molar-refractivity contribution in [3.63, 3.8) is 0 Å². The molecule has 4 amide bonds. The van der Waals surface area contributed by atoms with Gasteiger partial charge in [0.05, 0.1) is 12.4 Å². The molecule has 0 bridgehead atoms. The van der Waals surface area contributed by atoms with Crippen molar-refractivity contribution in [2.45, 2.75) is 76.5 Å². The molecule has 1 aromatic rings. The van der Waals surface area contributed by atoms with Crippen LogP contribution in [0.2, 0.25) is 0 Å². The molecule has 1 heterocycles. The van der Waals surface area contributed by atoms with Gasteiger partial charge in [-0.3, -0.25) is 19.2 Å². The van der Waals surface area contributed by atoms with E-state index in [2.05, 4.69) is 25.9 Å². The van der Waals surface area contributed by atoms with Gasteiger partial charge in [0.2, 0.25) is 23.6 Å². The van der Waals surface area contributed by atoms with Crippen LogP contribution in [-0.2, 0) is 30.4 Å². The fraction of sp³-hybridized carbons (Fsp3) is 0.636. The van der Waals surface area contributed by atoms with Crippen molar-refractivity contribution in [2.24, 2.45) is 23.1 Å². The fourth-order valence-corrected chi connectivity index (χ4v) is 3.34. The molecule has 0 saturated heterocycles. The van der Waals surface area contributed by atoms with Crippen LogP contribution in [0.25, 0.3) is 0 Å². The van der Waals surface area contributed by atoms with Gasteiger partial charge in [-0.1, -0.05) is 20.3 Å². The second kappa shape index (κ2) is 15.5. The van der Waals surface area contributed by atoms with Gasteiger partial charge in [-0.25, -0.2) is 9.78 Å². The molecule has 0 spiro atoms. The third kappa shape index (κ3) is 10.8. The maximum Gasteiger partial charge on any atom is 0.326 e. The van der Waals surface area contributed by atoms with Gasteiger partial charge in [0.15, 0.2) is 0 Å². The number of H-pyrrole nitrogens is 1. The highest BCUT2D eigenvalue weighted by Gasteiger charge is 2.32. The Bertz CT molecular complexity index is 876. The SMILES string of the molecule is CC(C)C(NC(=O)C(Cc1cnc[nH]1)NC(=O)C(N)CCCCN)C(=O)NC(CCC(N)=O)C(=O)O. The number of hydrogen-bond donors (Lipinski definition) is 8. The van der Waals surface area contributed by atoms with Gasteiger partial charge >= 0.3 is 5.97 Å². The van der Waals surface area contributed by atoms with E-state index in [1.165, 1.54) is 12.5 Å². The standard InChI is InChI=1S/C22H38N8O6/c1-12(2)18(21(34)28-15(22(35)36)6-7-17(25)31)30-20(33)16(9-13-10-26-11-27-13)29-19(32)14(24)5-3-4-8-23/h10-12,14-16,18H,3-9,23-24H2,1-2H3,(H2,25,31)(H,26,27)(H,28,34)(H,29,32)(H,30,33)(H,35,36). The van der Waals surface area contributed by atoms with Gasteiger partial charge in [-0.2, -0.15) is 0 Å². The number of carbonyl (C=O) groups excluding carboxylic acids is 4. The molecule has 0 aromatic carbocycles. The topological polar surface area (TPSA) is 248 Å². The highest BCUT2D eigenvalue weighted by atomic mass is 16.4. The van der Waals surface area contributed by atoms with Crippen LogP contribution in [0.3, 0.4) is 0 Å². The fourth-order valence-electron chi connectivity index (χ4n) is 3.34. The lowest BCUT2D eigenvalue weighted by Crippen LogP contribution is -2.59. The van der Waals surface area contributed by atoms with Crippen LogP contribution in [-0.4, -0.2) is 75.4 Å². The molecule has 11 N–H and O–H groups in total. The minimum absolute atomic E-state index is 0.0515. The first kappa shape index (κ1) is 30.5. The number of carbonyl (C=O) groups is 5. The van der Waals surface area contributed by atoms with Gasteiger partial charge in [0, 0.05) is 24.7 Å². The predicted octanol–water partition coefficient (Wildman–Crippen LogP) is -2.13. The van der Waals surface area contributed by atoms with Crippen molar-refractivity contribution in [2.75, 3.05) is 6.54 Å². The molecule has 4 unspecified atom stereocenters. The Balaban J connectivity index is 2.96. The molecule has 36 heavy (non-hydrogen) atoms. The van der Waals surface area contributed by atoms with Crippen LogP contribution in [0.1, 0.15) is 51.6 Å². The predicted molar refractivity (Wildman–Crippen MR) is 130 cm³/mol. The molecule has 0 radical (unpaired) electrons. The van der Waals surface area contributed by atoms with Crippen LogP contribution in [0, 0.1) is 5.92 Å². The number of hydrogen-bond acceptors (Lipinski definition) is 8. The van der Waals surface area contributed by atoms with E-state index in [9.17, 15) is 29.1 Å². The summed E-state index contributed by atoms with van der Waals surface area (Å²) in [6.07, 6.45) is 4.29. The van der Waals surface area contributed by atoms with E-state index in [-0.39, 0.29) is 19.3 Å². The molecule has 0 aliphatic carbocycles. The number of imidazole rings is 1. The van der Waals surface area contributed by atoms with Crippen molar-refractivity contribution < 1.29 is 29.1 Å².